The van der Waals surface area contributed by atoms with E-state index in [2.05, 4.69) is 20.4 Å². The SMILES string of the molecule is Cc1cc(C)n2nc(SCC(=O)Nc3cccc(S(=O)(=O)N4CCCCC4)c3)nc2n1. The van der Waals surface area contributed by atoms with E-state index >= 15 is 0 Å². The molecule has 164 valence electrons. The average molecular weight is 461 g/mol. The van der Waals surface area contributed by atoms with E-state index < -0.39 is 10.0 Å². The van der Waals surface area contributed by atoms with Gasteiger partial charge in [-0.15, -0.1) is 5.10 Å². The molecule has 0 radical (unpaired) electrons. The fourth-order valence-corrected chi connectivity index (χ4v) is 5.71. The van der Waals surface area contributed by atoms with Gasteiger partial charge < -0.3 is 5.32 Å². The van der Waals surface area contributed by atoms with Gasteiger partial charge in [0.1, 0.15) is 0 Å². The van der Waals surface area contributed by atoms with Gasteiger partial charge in [0.2, 0.25) is 21.1 Å². The van der Waals surface area contributed by atoms with E-state index in [1.807, 2.05) is 19.9 Å². The van der Waals surface area contributed by atoms with Crippen LogP contribution in [-0.4, -0.2) is 57.1 Å². The number of fused-ring (bicyclic) bond motifs is 1. The van der Waals surface area contributed by atoms with Gasteiger partial charge in [0.25, 0.3) is 5.78 Å². The second-order valence-electron chi connectivity index (χ2n) is 7.47. The molecule has 9 nitrogen and oxygen atoms in total. The summed E-state index contributed by atoms with van der Waals surface area (Å²) >= 11 is 1.20. The normalized spacial score (nSPS) is 15.3. The van der Waals surface area contributed by atoms with Crippen molar-refractivity contribution < 1.29 is 13.2 Å². The van der Waals surface area contributed by atoms with Gasteiger partial charge in [0.05, 0.1) is 10.6 Å². The lowest BCUT2D eigenvalue weighted by Gasteiger charge is -2.26. The zero-order valence-electron chi connectivity index (χ0n) is 17.4. The number of carbonyl (C=O) groups excluding carboxylic acids is 1. The number of nitrogens with one attached hydrogen (secondary N) is 1. The standard InChI is InChI=1S/C20H24N6O3S2/c1-14-11-15(2)26-19(21-14)23-20(24-26)30-13-18(27)22-16-7-6-8-17(12-16)31(28,29)25-9-4-3-5-10-25/h6-8,11-12H,3-5,9-10,13H2,1-2H3,(H,22,27). The van der Waals surface area contributed by atoms with Crippen LogP contribution >= 0.6 is 11.8 Å². The third kappa shape index (κ3) is 4.89. The summed E-state index contributed by atoms with van der Waals surface area (Å²) in [6.45, 7) is 4.88. The number of hydrogen-bond donors (Lipinski definition) is 1. The zero-order chi connectivity index (χ0) is 22.0. The summed E-state index contributed by atoms with van der Waals surface area (Å²) in [6, 6.07) is 8.29. The summed E-state index contributed by atoms with van der Waals surface area (Å²) in [5.41, 5.74) is 2.21. The third-order valence-electron chi connectivity index (χ3n) is 5.00. The lowest BCUT2D eigenvalue weighted by molar-refractivity contribution is -0.113. The summed E-state index contributed by atoms with van der Waals surface area (Å²) < 4.78 is 28.9. The molecule has 1 N–H and O–H groups in total. The number of anilines is 1. The van der Waals surface area contributed by atoms with Crippen LogP contribution in [0.5, 0.6) is 0 Å². The first-order valence-electron chi connectivity index (χ1n) is 10.1. The number of carbonyl (C=O) groups is 1. The molecule has 1 aliphatic heterocycles. The molecule has 2 aromatic heterocycles. The minimum atomic E-state index is -3.55. The first kappa shape index (κ1) is 21.7. The van der Waals surface area contributed by atoms with Crippen LogP contribution in [0.4, 0.5) is 5.69 Å². The third-order valence-corrected chi connectivity index (χ3v) is 7.73. The molecule has 31 heavy (non-hydrogen) atoms. The van der Waals surface area contributed by atoms with Crippen LogP contribution in [0.2, 0.25) is 0 Å². The molecule has 0 unspecified atom stereocenters. The molecule has 1 fully saturated rings. The highest BCUT2D eigenvalue weighted by atomic mass is 32.2. The minimum Gasteiger partial charge on any atom is -0.325 e. The van der Waals surface area contributed by atoms with E-state index in [0.29, 0.717) is 29.7 Å². The highest BCUT2D eigenvalue weighted by Crippen LogP contribution is 2.23. The Morgan fingerprint density at radius 1 is 1.13 bits per heavy atom. The summed E-state index contributed by atoms with van der Waals surface area (Å²) in [4.78, 5) is 21.3. The van der Waals surface area contributed by atoms with Crippen LogP contribution in [0.15, 0.2) is 40.4 Å². The number of rotatable bonds is 6. The minimum absolute atomic E-state index is 0.0953. The van der Waals surface area contributed by atoms with Gasteiger partial charge in [0.15, 0.2) is 0 Å². The maximum atomic E-state index is 12.9. The number of aryl methyl sites for hydroxylation is 2. The van der Waals surface area contributed by atoms with Crippen LogP contribution in [0.1, 0.15) is 30.7 Å². The smallest absolute Gasteiger partial charge is 0.253 e. The van der Waals surface area contributed by atoms with Gasteiger partial charge in [0, 0.05) is 30.2 Å². The van der Waals surface area contributed by atoms with Crippen molar-refractivity contribution >= 4 is 39.2 Å². The predicted molar refractivity (Wildman–Crippen MR) is 119 cm³/mol. The molecule has 0 atom stereocenters. The van der Waals surface area contributed by atoms with Crippen molar-refractivity contribution in [1.29, 1.82) is 0 Å². The zero-order valence-corrected chi connectivity index (χ0v) is 19.0. The molecule has 1 aliphatic rings. The number of piperidine rings is 1. The van der Waals surface area contributed by atoms with Crippen LogP contribution in [0.25, 0.3) is 5.78 Å². The second kappa shape index (κ2) is 8.93. The van der Waals surface area contributed by atoms with E-state index in [9.17, 15) is 13.2 Å². The van der Waals surface area contributed by atoms with Gasteiger partial charge in [-0.3, -0.25) is 4.79 Å². The quantitative estimate of drug-likeness (QED) is 0.563. The number of nitrogens with zero attached hydrogens (tertiary/aromatic N) is 5. The molecular formula is C20H24N6O3S2. The van der Waals surface area contributed by atoms with Crippen LogP contribution in [0.3, 0.4) is 0 Å². The van der Waals surface area contributed by atoms with Crippen LogP contribution in [-0.2, 0) is 14.8 Å². The van der Waals surface area contributed by atoms with Crippen LogP contribution < -0.4 is 5.32 Å². The Labute approximate surface area is 185 Å². The molecule has 11 heteroatoms. The Bertz CT molecular complexity index is 1220. The Kier molecular flexibility index (Phi) is 6.26. The molecule has 0 spiro atoms. The Hall–Kier alpha value is -2.50. The van der Waals surface area contributed by atoms with E-state index in [1.54, 1.807) is 22.7 Å². The van der Waals surface area contributed by atoms with E-state index in [1.165, 1.54) is 22.1 Å². The molecule has 0 bridgehead atoms. The van der Waals surface area contributed by atoms with E-state index in [4.69, 9.17) is 0 Å². The van der Waals surface area contributed by atoms with Crippen molar-refractivity contribution in [2.75, 3.05) is 24.2 Å². The predicted octanol–water partition coefficient (Wildman–Crippen LogP) is 2.65. The number of amides is 1. The summed E-state index contributed by atoms with van der Waals surface area (Å²) in [7, 11) is -3.55. The molecule has 4 rings (SSSR count). The molecular weight excluding hydrogens is 436 g/mol. The van der Waals surface area contributed by atoms with Crippen molar-refractivity contribution in [1.82, 2.24) is 23.9 Å². The number of benzene rings is 1. The highest BCUT2D eigenvalue weighted by Gasteiger charge is 2.26. The van der Waals surface area contributed by atoms with Gasteiger partial charge in [-0.25, -0.2) is 17.9 Å². The molecule has 1 aromatic carbocycles. The van der Waals surface area contributed by atoms with Crippen molar-refractivity contribution in [3.8, 4) is 0 Å². The topological polar surface area (TPSA) is 110 Å². The van der Waals surface area contributed by atoms with Gasteiger partial charge in [-0.05, 0) is 51.0 Å². The number of thioether (sulfide) groups is 1. The fourth-order valence-electron chi connectivity index (χ4n) is 3.52. The molecule has 1 amide bonds. The largest absolute Gasteiger partial charge is 0.325 e. The van der Waals surface area contributed by atoms with Crippen molar-refractivity contribution in [3.05, 3.63) is 41.7 Å². The summed E-state index contributed by atoms with van der Waals surface area (Å²) in [6.07, 6.45) is 2.80. The fraction of sp³-hybridized carbons (Fsp3) is 0.400. The number of aromatic nitrogens is 4. The van der Waals surface area contributed by atoms with Crippen molar-refractivity contribution in [3.63, 3.8) is 0 Å². The Morgan fingerprint density at radius 2 is 1.90 bits per heavy atom. The second-order valence-corrected chi connectivity index (χ2v) is 10.4. The maximum absolute atomic E-state index is 12.9. The molecule has 3 aromatic rings. The van der Waals surface area contributed by atoms with Gasteiger partial charge in [-0.2, -0.15) is 9.29 Å². The van der Waals surface area contributed by atoms with E-state index in [-0.39, 0.29) is 16.6 Å². The van der Waals surface area contributed by atoms with Crippen molar-refractivity contribution in [2.24, 2.45) is 0 Å². The molecule has 1 saturated heterocycles. The number of sulfonamides is 1. The average Bonchev–Trinajstić information content (AvgIpc) is 3.16. The Morgan fingerprint density at radius 3 is 2.68 bits per heavy atom. The summed E-state index contributed by atoms with van der Waals surface area (Å²) in [5, 5.41) is 7.59. The Balaban J connectivity index is 1.41. The highest BCUT2D eigenvalue weighted by molar-refractivity contribution is 7.99. The van der Waals surface area contributed by atoms with Gasteiger partial charge in [-0.1, -0.05) is 24.2 Å². The van der Waals surface area contributed by atoms with Gasteiger partial charge >= 0.3 is 0 Å². The number of hydrogen-bond acceptors (Lipinski definition) is 7. The van der Waals surface area contributed by atoms with Crippen molar-refractivity contribution in [2.45, 2.75) is 43.2 Å². The first-order chi connectivity index (χ1) is 14.8. The maximum Gasteiger partial charge on any atom is 0.253 e. The molecule has 0 aliphatic carbocycles. The lowest BCUT2D eigenvalue weighted by Crippen LogP contribution is -2.35. The lowest BCUT2D eigenvalue weighted by atomic mass is 10.2. The first-order valence-corrected chi connectivity index (χ1v) is 12.5. The van der Waals surface area contributed by atoms with E-state index in [0.717, 1.165) is 30.7 Å². The molecule has 0 saturated carbocycles. The molecule has 3 heterocycles. The van der Waals surface area contributed by atoms with Crippen LogP contribution in [0, 0.1) is 13.8 Å². The summed E-state index contributed by atoms with van der Waals surface area (Å²) in [5.74, 6) is 0.325. The monoisotopic (exact) mass is 460 g/mol.